The van der Waals surface area contributed by atoms with Crippen LogP contribution in [0.2, 0.25) is 5.15 Å². The smallest absolute Gasteiger partial charge is 0.0382 e. The Kier molecular flexibility index (Phi) is 1.44. The van der Waals surface area contributed by atoms with Crippen molar-refractivity contribution in [2.75, 3.05) is 0 Å². The standard InChI is InChI=1S/C5H3ClN2/c1-4-2-7-3-5(6)8-4/h1H3/q-2. The molecular formula is C5H3ClN2-2. The lowest BCUT2D eigenvalue weighted by Crippen LogP contribution is -1.82. The molecule has 0 aliphatic heterocycles. The molecule has 0 unspecified atom stereocenters. The van der Waals surface area contributed by atoms with E-state index in [1.165, 1.54) is 0 Å². The fraction of sp³-hybridized carbons (Fsp3) is 0.200. The molecule has 0 spiro atoms. The van der Waals surface area contributed by atoms with Crippen LogP contribution in [0.15, 0.2) is 0 Å². The lowest BCUT2D eigenvalue weighted by Gasteiger charge is -2.12. The van der Waals surface area contributed by atoms with Crippen molar-refractivity contribution < 1.29 is 0 Å². The lowest BCUT2D eigenvalue weighted by molar-refractivity contribution is 1.10. The van der Waals surface area contributed by atoms with E-state index >= 15 is 0 Å². The summed E-state index contributed by atoms with van der Waals surface area (Å²) >= 11 is 5.40. The van der Waals surface area contributed by atoms with Crippen LogP contribution in [0.1, 0.15) is 5.69 Å². The van der Waals surface area contributed by atoms with E-state index in [2.05, 4.69) is 22.4 Å². The fourth-order valence-corrected chi connectivity index (χ4v) is 0.521. The average Bonchev–Trinajstić information content (AvgIpc) is 1.64. The van der Waals surface area contributed by atoms with E-state index in [0.717, 1.165) is 0 Å². The summed E-state index contributed by atoms with van der Waals surface area (Å²) in [5.41, 5.74) is 0.689. The van der Waals surface area contributed by atoms with Crippen LogP contribution in [0, 0.1) is 19.3 Å². The van der Waals surface area contributed by atoms with Gasteiger partial charge in [-0.05, 0) is 5.15 Å². The summed E-state index contributed by atoms with van der Waals surface area (Å²) in [6.45, 7) is 1.77. The van der Waals surface area contributed by atoms with Crippen molar-refractivity contribution in [3.63, 3.8) is 0 Å². The maximum atomic E-state index is 5.40. The first-order chi connectivity index (χ1) is 3.79. The number of halogens is 1. The quantitative estimate of drug-likeness (QED) is 0.486. The Morgan fingerprint density at radius 2 is 2.25 bits per heavy atom. The normalized spacial score (nSPS) is 9.25. The Balaban J connectivity index is 3.08. The molecule has 0 N–H and O–H groups in total. The second-order valence-electron chi connectivity index (χ2n) is 1.32. The van der Waals surface area contributed by atoms with Crippen LogP contribution in [-0.4, -0.2) is 9.97 Å². The summed E-state index contributed by atoms with van der Waals surface area (Å²) in [5.74, 6) is 0. The minimum Gasteiger partial charge on any atom is -0.672 e. The highest BCUT2D eigenvalue weighted by molar-refractivity contribution is 6.29. The summed E-state index contributed by atoms with van der Waals surface area (Å²) in [4.78, 5) is 7.30. The second kappa shape index (κ2) is 2.09. The highest BCUT2D eigenvalue weighted by Crippen LogP contribution is 1.98. The van der Waals surface area contributed by atoms with Crippen LogP contribution in [-0.2, 0) is 0 Å². The third kappa shape index (κ3) is 1.17. The molecule has 0 saturated carbocycles. The molecule has 0 fully saturated rings. The van der Waals surface area contributed by atoms with Crippen LogP contribution in [0.5, 0.6) is 0 Å². The highest BCUT2D eigenvalue weighted by Gasteiger charge is 1.65. The van der Waals surface area contributed by atoms with Gasteiger partial charge in [-0.15, -0.1) is 17.3 Å². The molecule has 0 atom stereocenters. The van der Waals surface area contributed by atoms with Crippen LogP contribution in [0.4, 0.5) is 0 Å². The molecule has 0 aromatic carbocycles. The SMILES string of the molecule is Cc1[c-]n[c-]c(Cl)n1. The zero-order valence-corrected chi connectivity index (χ0v) is 5.03. The molecule has 0 saturated heterocycles. The third-order valence-electron chi connectivity index (χ3n) is 0.632. The Labute approximate surface area is 52.5 Å². The monoisotopic (exact) mass is 126 g/mol. The zero-order chi connectivity index (χ0) is 5.98. The summed E-state index contributed by atoms with van der Waals surface area (Å²) in [5, 5.41) is 0.293. The van der Waals surface area contributed by atoms with Gasteiger partial charge in [0.2, 0.25) is 0 Å². The fourth-order valence-electron chi connectivity index (χ4n) is 0.352. The first-order valence-corrected chi connectivity index (χ1v) is 2.46. The minimum absolute atomic E-state index is 0.293. The minimum atomic E-state index is 0.293. The maximum Gasteiger partial charge on any atom is -0.0382 e. The van der Waals surface area contributed by atoms with Gasteiger partial charge < -0.3 is 22.4 Å². The van der Waals surface area contributed by atoms with Crippen molar-refractivity contribution in [2.45, 2.75) is 6.92 Å². The summed E-state index contributed by atoms with van der Waals surface area (Å²) < 4.78 is 0. The van der Waals surface area contributed by atoms with Gasteiger partial charge in [0, 0.05) is 0 Å². The van der Waals surface area contributed by atoms with Crippen molar-refractivity contribution in [2.24, 2.45) is 0 Å². The molecule has 8 heavy (non-hydrogen) atoms. The Bertz CT molecular complexity index is 170. The second-order valence-corrected chi connectivity index (χ2v) is 1.68. The molecule has 42 valence electrons. The molecule has 0 aliphatic carbocycles. The topological polar surface area (TPSA) is 25.8 Å². The first kappa shape index (κ1) is 5.51. The molecular weight excluding hydrogens is 124 g/mol. The molecule has 1 rings (SSSR count). The predicted octanol–water partition coefficient (Wildman–Crippen LogP) is 1.04. The summed E-state index contributed by atoms with van der Waals surface area (Å²) in [7, 11) is 0. The number of nitrogens with zero attached hydrogens (tertiary/aromatic N) is 2. The van der Waals surface area contributed by atoms with Crippen molar-refractivity contribution in [1.82, 2.24) is 9.97 Å². The van der Waals surface area contributed by atoms with E-state index in [0.29, 0.717) is 10.8 Å². The summed E-state index contributed by atoms with van der Waals surface area (Å²) in [6, 6.07) is 0. The molecule has 2 nitrogen and oxygen atoms in total. The molecule has 1 aromatic heterocycles. The molecule has 0 amide bonds. The Morgan fingerprint density at radius 3 is 2.62 bits per heavy atom. The van der Waals surface area contributed by atoms with Gasteiger partial charge in [0.1, 0.15) is 0 Å². The third-order valence-corrected chi connectivity index (χ3v) is 0.801. The Hall–Kier alpha value is -0.630. The summed E-state index contributed by atoms with van der Waals surface area (Å²) in [6.07, 6.45) is 4.99. The molecule has 0 radical (unpaired) electrons. The van der Waals surface area contributed by atoms with E-state index < -0.39 is 0 Å². The van der Waals surface area contributed by atoms with E-state index in [4.69, 9.17) is 11.6 Å². The largest absolute Gasteiger partial charge is 0.672 e. The van der Waals surface area contributed by atoms with Gasteiger partial charge in [0.25, 0.3) is 0 Å². The number of rotatable bonds is 0. The van der Waals surface area contributed by atoms with Gasteiger partial charge in [-0.25, -0.2) is 0 Å². The number of hydrogen-bond donors (Lipinski definition) is 0. The Morgan fingerprint density at radius 1 is 1.50 bits per heavy atom. The van der Waals surface area contributed by atoms with Crippen LogP contribution in [0.3, 0.4) is 0 Å². The molecule has 1 heterocycles. The molecule has 1 aromatic rings. The van der Waals surface area contributed by atoms with Gasteiger partial charge in [-0.1, -0.05) is 6.92 Å². The van der Waals surface area contributed by atoms with Gasteiger partial charge in [0.15, 0.2) is 0 Å². The molecule has 3 heteroatoms. The van der Waals surface area contributed by atoms with Gasteiger partial charge in [-0.3, -0.25) is 0 Å². The van der Waals surface area contributed by atoms with E-state index in [1.807, 2.05) is 0 Å². The predicted molar refractivity (Wildman–Crippen MR) is 29.5 cm³/mol. The average molecular weight is 127 g/mol. The van der Waals surface area contributed by atoms with Crippen molar-refractivity contribution in [3.8, 4) is 0 Å². The van der Waals surface area contributed by atoms with Crippen LogP contribution < -0.4 is 0 Å². The number of aryl methyl sites for hydroxylation is 1. The van der Waals surface area contributed by atoms with E-state index in [1.54, 1.807) is 6.92 Å². The van der Waals surface area contributed by atoms with Crippen molar-refractivity contribution in [3.05, 3.63) is 23.2 Å². The number of aromatic nitrogens is 2. The zero-order valence-electron chi connectivity index (χ0n) is 4.27. The highest BCUT2D eigenvalue weighted by atomic mass is 35.5. The lowest BCUT2D eigenvalue weighted by atomic mass is 10.5. The molecule has 0 bridgehead atoms. The van der Waals surface area contributed by atoms with Gasteiger partial charge in [0.05, 0.1) is 0 Å². The first-order valence-electron chi connectivity index (χ1n) is 2.08. The van der Waals surface area contributed by atoms with Gasteiger partial charge in [-0.2, -0.15) is 0 Å². The van der Waals surface area contributed by atoms with Crippen molar-refractivity contribution in [1.29, 1.82) is 0 Å². The van der Waals surface area contributed by atoms with Crippen LogP contribution >= 0.6 is 11.6 Å². The van der Waals surface area contributed by atoms with Gasteiger partial charge >= 0.3 is 0 Å². The van der Waals surface area contributed by atoms with E-state index in [-0.39, 0.29) is 0 Å². The van der Waals surface area contributed by atoms with Crippen LogP contribution in [0.25, 0.3) is 0 Å². The molecule has 0 aliphatic rings. The maximum absolute atomic E-state index is 5.40. The van der Waals surface area contributed by atoms with Crippen molar-refractivity contribution >= 4 is 11.6 Å². The van der Waals surface area contributed by atoms with E-state index in [9.17, 15) is 0 Å². The number of hydrogen-bond acceptors (Lipinski definition) is 2.